The summed E-state index contributed by atoms with van der Waals surface area (Å²) in [5, 5.41) is 15.2. The van der Waals surface area contributed by atoms with Crippen LogP contribution in [0.4, 0.5) is 0 Å². The van der Waals surface area contributed by atoms with E-state index in [2.05, 4.69) is 104 Å². The second-order valence-corrected chi connectivity index (χ2v) is 12.5. The summed E-state index contributed by atoms with van der Waals surface area (Å²) < 4.78 is 5.92. The van der Waals surface area contributed by atoms with Crippen molar-refractivity contribution in [3.8, 4) is 11.5 Å². The van der Waals surface area contributed by atoms with Crippen molar-refractivity contribution >= 4 is 23.8 Å². The molecule has 0 radical (unpaired) electrons. The fourth-order valence-electron chi connectivity index (χ4n) is 4.52. The van der Waals surface area contributed by atoms with E-state index in [1.165, 1.54) is 27.3 Å². The van der Waals surface area contributed by atoms with E-state index in [0.29, 0.717) is 17.6 Å². The minimum Gasteiger partial charge on any atom is -0.507 e. The first-order valence-electron chi connectivity index (χ1n) is 11.9. The van der Waals surface area contributed by atoms with Gasteiger partial charge in [-0.15, -0.1) is 0 Å². The normalized spacial score (nSPS) is 12.9. The molecule has 3 aromatic rings. The van der Waals surface area contributed by atoms with Crippen molar-refractivity contribution in [3.63, 3.8) is 0 Å². The van der Waals surface area contributed by atoms with Crippen LogP contribution in [0.2, 0.25) is 0 Å². The maximum atomic E-state index is 11.7. The summed E-state index contributed by atoms with van der Waals surface area (Å²) in [4.78, 5) is 0. The van der Waals surface area contributed by atoms with E-state index in [1.807, 2.05) is 6.07 Å². The van der Waals surface area contributed by atoms with E-state index in [-0.39, 0.29) is 5.41 Å². The number of para-hydroxylation sites is 1. The van der Waals surface area contributed by atoms with Gasteiger partial charge in [-0.1, -0.05) is 97.0 Å². The molecule has 0 aliphatic rings. The highest BCUT2D eigenvalue weighted by atomic mass is 31.1. The van der Waals surface area contributed by atoms with Crippen LogP contribution in [-0.4, -0.2) is 12.2 Å². The predicted octanol–water partition coefficient (Wildman–Crippen LogP) is 7.01. The van der Waals surface area contributed by atoms with Gasteiger partial charge in [-0.05, 0) is 65.7 Å². The van der Waals surface area contributed by atoms with Gasteiger partial charge in [0.25, 0.3) is 0 Å². The molecule has 0 amide bonds. The number of methoxy groups -OCH3 is 1. The molecule has 0 spiro atoms. The highest BCUT2D eigenvalue weighted by molar-refractivity contribution is 7.80. The Balaban J connectivity index is 2.52. The van der Waals surface area contributed by atoms with Crippen LogP contribution in [-0.2, 0) is 5.41 Å². The Hall–Kier alpha value is -2.31. The van der Waals surface area contributed by atoms with Crippen molar-refractivity contribution in [1.82, 2.24) is 0 Å². The number of rotatable bonds is 6. The number of aromatic hydroxyl groups is 1. The molecule has 1 atom stereocenters. The fourth-order valence-corrected chi connectivity index (χ4v) is 7.79. The first-order valence-corrected chi connectivity index (χ1v) is 13.2. The van der Waals surface area contributed by atoms with Crippen LogP contribution in [0, 0.1) is 6.92 Å². The largest absolute Gasteiger partial charge is 0.507 e. The predicted molar refractivity (Wildman–Crippen MR) is 145 cm³/mol. The van der Waals surface area contributed by atoms with E-state index in [0.717, 1.165) is 16.6 Å². The van der Waals surface area contributed by atoms with Gasteiger partial charge in [0.05, 0.1) is 7.11 Å². The second kappa shape index (κ2) is 9.90. The zero-order valence-electron chi connectivity index (χ0n) is 21.7. The van der Waals surface area contributed by atoms with Crippen molar-refractivity contribution in [1.29, 1.82) is 0 Å². The van der Waals surface area contributed by atoms with Gasteiger partial charge in [0, 0.05) is 10.6 Å². The van der Waals surface area contributed by atoms with E-state index in [4.69, 9.17) is 4.74 Å². The van der Waals surface area contributed by atoms with Gasteiger partial charge in [-0.2, -0.15) is 0 Å². The highest BCUT2D eigenvalue weighted by Crippen LogP contribution is 2.46. The maximum Gasteiger partial charge on any atom is 0.127 e. The third-order valence-corrected chi connectivity index (χ3v) is 9.10. The summed E-state index contributed by atoms with van der Waals surface area (Å²) >= 11 is 0. The average molecular weight is 463 g/mol. The quantitative estimate of drug-likeness (QED) is 0.399. The third-order valence-electron chi connectivity index (χ3n) is 6.27. The average Bonchev–Trinajstić information content (AvgIpc) is 2.74. The monoisotopic (exact) mass is 462 g/mol. The van der Waals surface area contributed by atoms with Crippen LogP contribution in [0.15, 0.2) is 54.6 Å². The lowest BCUT2D eigenvalue weighted by molar-refractivity contribution is 0.418. The smallest absolute Gasteiger partial charge is 0.127 e. The standard InChI is InChI=1S/C30H39O2P/c1-19(2)22-14-11-15-23(20(3)4)29(22)33(28-21(5)13-10-17-25(28)32-9)26-18-12-16-24(27(26)31)30(6,7)8/h10-20,31H,1-9H3. The van der Waals surface area contributed by atoms with Crippen LogP contribution in [0.5, 0.6) is 11.5 Å². The fraction of sp³-hybridized carbons (Fsp3) is 0.400. The molecule has 0 aliphatic heterocycles. The zero-order chi connectivity index (χ0) is 24.5. The second-order valence-electron chi connectivity index (χ2n) is 10.5. The molecule has 1 unspecified atom stereocenters. The Kier molecular flexibility index (Phi) is 7.59. The number of hydrogen-bond acceptors (Lipinski definition) is 2. The molecule has 1 N–H and O–H groups in total. The van der Waals surface area contributed by atoms with Crippen LogP contribution < -0.4 is 20.7 Å². The number of phenolic OH excluding ortho intramolecular Hbond substituents is 1. The molecular weight excluding hydrogens is 423 g/mol. The summed E-state index contributed by atoms with van der Waals surface area (Å²) in [6.07, 6.45) is 0. The Bertz CT molecular complexity index is 1100. The van der Waals surface area contributed by atoms with E-state index in [1.54, 1.807) is 7.11 Å². The van der Waals surface area contributed by atoms with Crippen molar-refractivity contribution in [2.24, 2.45) is 0 Å². The molecule has 3 aromatic carbocycles. The van der Waals surface area contributed by atoms with Crippen LogP contribution >= 0.6 is 7.92 Å². The summed E-state index contributed by atoms with van der Waals surface area (Å²) in [5.74, 6) is 2.03. The van der Waals surface area contributed by atoms with E-state index >= 15 is 0 Å². The number of ether oxygens (including phenoxy) is 1. The van der Waals surface area contributed by atoms with Crippen molar-refractivity contribution in [2.45, 2.75) is 72.6 Å². The van der Waals surface area contributed by atoms with E-state index in [9.17, 15) is 5.11 Å². The Morgan fingerprint density at radius 1 is 0.788 bits per heavy atom. The number of phenols is 1. The lowest BCUT2D eigenvalue weighted by Gasteiger charge is -2.31. The summed E-state index contributed by atoms with van der Waals surface area (Å²) in [6.45, 7) is 17.7. The molecule has 0 bridgehead atoms. The molecule has 3 rings (SSSR count). The molecule has 0 heterocycles. The van der Waals surface area contributed by atoms with Crippen LogP contribution in [0.25, 0.3) is 0 Å². The zero-order valence-corrected chi connectivity index (χ0v) is 22.5. The van der Waals surface area contributed by atoms with Gasteiger partial charge < -0.3 is 9.84 Å². The molecule has 0 saturated carbocycles. The van der Waals surface area contributed by atoms with Crippen molar-refractivity contribution < 1.29 is 9.84 Å². The van der Waals surface area contributed by atoms with Gasteiger partial charge in [0.2, 0.25) is 0 Å². The van der Waals surface area contributed by atoms with Gasteiger partial charge in [0.1, 0.15) is 11.5 Å². The lowest BCUT2D eigenvalue weighted by atomic mass is 9.86. The Labute approximate surface area is 201 Å². The third kappa shape index (κ3) is 4.97. The summed E-state index contributed by atoms with van der Waals surface area (Å²) in [5.41, 5.74) is 4.70. The minimum absolute atomic E-state index is 0.157. The lowest BCUT2D eigenvalue weighted by Crippen LogP contribution is -2.30. The van der Waals surface area contributed by atoms with Gasteiger partial charge in [-0.25, -0.2) is 0 Å². The van der Waals surface area contributed by atoms with Crippen molar-refractivity contribution in [2.75, 3.05) is 7.11 Å². The molecular formula is C30H39O2P. The highest BCUT2D eigenvalue weighted by Gasteiger charge is 2.32. The van der Waals surface area contributed by atoms with Gasteiger partial charge in [0.15, 0.2) is 0 Å². The molecule has 3 heteroatoms. The van der Waals surface area contributed by atoms with E-state index < -0.39 is 7.92 Å². The molecule has 0 aliphatic carbocycles. The molecule has 33 heavy (non-hydrogen) atoms. The van der Waals surface area contributed by atoms with Gasteiger partial charge >= 0.3 is 0 Å². The van der Waals surface area contributed by atoms with Crippen molar-refractivity contribution in [3.05, 3.63) is 76.9 Å². The molecule has 0 aromatic heterocycles. The number of aryl methyl sites for hydroxylation is 1. The Morgan fingerprint density at radius 2 is 1.33 bits per heavy atom. The molecule has 176 valence electrons. The maximum absolute atomic E-state index is 11.7. The first kappa shape index (κ1) is 25.3. The number of hydrogen-bond donors (Lipinski definition) is 1. The minimum atomic E-state index is -1.06. The molecule has 0 saturated heterocycles. The number of benzene rings is 3. The summed E-state index contributed by atoms with van der Waals surface area (Å²) in [7, 11) is 0.686. The first-order chi connectivity index (χ1) is 15.5. The Morgan fingerprint density at radius 3 is 1.85 bits per heavy atom. The SMILES string of the molecule is COc1cccc(C)c1P(c1cccc(C(C)(C)C)c1O)c1c(C(C)C)cccc1C(C)C. The molecule has 2 nitrogen and oxygen atoms in total. The summed E-state index contributed by atoms with van der Waals surface area (Å²) in [6, 6.07) is 19.2. The molecule has 0 fully saturated rings. The topological polar surface area (TPSA) is 29.5 Å². The van der Waals surface area contributed by atoms with Crippen LogP contribution in [0.3, 0.4) is 0 Å². The van der Waals surface area contributed by atoms with Crippen LogP contribution in [0.1, 0.15) is 82.6 Å². The van der Waals surface area contributed by atoms with Gasteiger partial charge in [-0.3, -0.25) is 0 Å².